The Labute approximate surface area is 377 Å². The van der Waals surface area contributed by atoms with Crippen molar-refractivity contribution < 1.29 is 65.3 Å². The molecule has 0 spiro atoms. The Morgan fingerprint density at radius 2 is 1.48 bits per heavy atom. The number of amides is 5. The lowest BCUT2D eigenvalue weighted by Crippen LogP contribution is -2.44. The minimum absolute atomic E-state index is 0.115. The molecule has 0 bridgehead atoms. The second-order valence-electron chi connectivity index (χ2n) is 15.5. The van der Waals surface area contributed by atoms with E-state index in [0.717, 1.165) is 40.4 Å². The van der Waals surface area contributed by atoms with E-state index >= 15 is 4.39 Å². The number of ether oxygens (including phenoxy) is 2. The highest BCUT2D eigenvalue weighted by atomic mass is 32.2. The first kappa shape index (κ1) is 53.7. The number of nitrogens with zero attached hydrogens (tertiary/aromatic N) is 3. The number of nitrogens with one attached hydrogen (secondary N) is 2. The Kier molecular flexibility index (Phi) is 21.8. The summed E-state index contributed by atoms with van der Waals surface area (Å²) < 4.78 is 74.0. The number of aliphatic carboxylic acids is 1. The number of halogens is 5. The third-order valence-electron chi connectivity index (χ3n) is 9.35. The summed E-state index contributed by atoms with van der Waals surface area (Å²) in [7, 11) is 0. The van der Waals surface area contributed by atoms with E-state index in [9.17, 15) is 41.5 Å². The molecule has 5 N–H and O–H groups in total. The second kappa shape index (κ2) is 26.4. The number of aromatic nitrogens is 1. The summed E-state index contributed by atoms with van der Waals surface area (Å²) in [5, 5.41) is 12.5. The van der Waals surface area contributed by atoms with Gasteiger partial charge >= 0.3 is 12.1 Å². The lowest BCUT2D eigenvalue weighted by atomic mass is 9.83. The molecule has 1 aromatic heterocycles. The van der Waals surface area contributed by atoms with Gasteiger partial charge in [0.15, 0.2) is 0 Å². The van der Waals surface area contributed by atoms with Crippen molar-refractivity contribution in [2.45, 2.75) is 52.4 Å². The Morgan fingerprint density at radius 3 is 2.05 bits per heavy atom. The van der Waals surface area contributed by atoms with Crippen molar-refractivity contribution in [1.29, 1.82) is 0 Å². The van der Waals surface area contributed by atoms with Crippen LogP contribution in [-0.4, -0.2) is 132 Å². The number of thioether (sulfide) groups is 1. The fourth-order valence-corrected chi connectivity index (χ4v) is 7.22. The zero-order valence-corrected chi connectivity index (χ0v) is 37.2. The zero-order valence-electron chi connectivity index (χ0n) is 36.3. The van der Waals surface area contributed by atoms with Crippen LogP contribution < -0.4 is 16.4 Å². The molecule has 0 radical (unpaired) electrons. The molecule has 3 aromatic rings. The van der Waals surface area contributed by atoms with E-state index in [2.05, 4.69) is 10.6 Å². The van der Waals surface area contributed by atoms with Gasteiger partial charge in [-0.25, -0.2) is 13.6 Å². The van der Waals surface area contributed by atoms with Crippen LogP contribution in [-0.2, 0) is 44.8 Å². The molecule has 15 nitrogen and oxygen atoms in total. The third kappa shape index (κ3) is 18.4. The number of hydrogen-bond acceptors (Lipinski definition) is 10. The maximum atomic E-state index is 15.1. The zero-order chi connectivity index (χ0) is 48.2. The van der Waals surface area contributed by atoms with Crippen LogP contribution >= 0.6 is 11.8 Å². The van der Waals surface area contributed by atoms with Crippen molar-refractivity contribution in [3.8, 4) is 11.1 Å². The molecule has 0 unspecified atom stereocenters. The van der Waals surface area contributed by atoms with Crippen molar-refractivity contribution in [1.82, 2.24) is 25.0 Å². The molecule has 0 aliphatic carbocycles. The normalized spacial score (nSPS) is 13.0. The fourth-order valence-electron chi connectivity index (χ4n) is 6.40. The SMILES string of the molecule is CC(C)(C)[C@H](c1cc(-c2cc(F)ccc2F)cn1Cc1ccccc1)N(CCCN)C(=O)CSCCC(=O)NCCOCCOCCNC(=O)CN1C(=O)C=CC1=O.O=C(O)C(F)(F)F. The van der Waals surface area contributed by atoms with Gasteiger partial charge in [0.25, 0.3) is 11.8 Å². The van der Waals surface area contributed by atoms with Crippen LogP contribution in [0.4, 0.5) is 22.0 Å². The standard InChI is InChI=1S/C42H54F2N6O7S.C2HF3O2/c1-42(2,3)41(35-24-31(33-25-32(43)10-11-34(33)44)27-48(35)26-30-8-5-4-6-9-30)49(18-7-15-45)40(55)29-58-23-14-36(51)46-16-19-56-21-22-57-20-17-47-37(52)28-50-38(53)12-13-39(50)54;3-2(4,5)1(6)7/h4-6,8-13,24-25,27,41H,7,14-23,26,28-29,45H2,1-3H3,(H,46,51)(H,47,52);(H,6,7)/t41-;/m0./s1. The van der Waals surface area contributed by atoms with Crippen molar-refractivity contribution in [3.63, 3.8) is 0 Å². The molecule has 356 valence electrons. The number of benzene rings is 2. The molecule has 0 saturated heterocycles. The van der Waals surface area contributed by atoms with Crippen LogP contribution in [0.5, 0.6) is 0 Å². The first-order valence-electron chi connectivity index (χ1n) is 20.5. The minimum atomic E-state index is -5.08. The molecule has 5 amide bonds. The van der Waals surface area contributed by atoms with Crippen LogP contribution in [0.3, 0.4) is 0 Å². The van der Waals surface area contributed by atoms with Gasteiger partial charge in [-0.1, -0.05) is 51.1 Å². The monoisotopic (exact) mass is 938 g/mol. The van der Waals surface area contributed by atoms with Gasteiger partial charge < -0.3 is 40.4 Å². The number of carboxylic acid groups (broad SMARTS) is 1. The van der Waals surface area contributed by atoms with Crippen LogP contribution in [0.1, 0.15) is 50.9 Å². The highest BCUT2D eigenvalue weighted by Gasteiger charge is 2.39. The Hall–Kier alpha value is -5.64. The Bertz CT molecular complexity index is 2080. The molecule has 1 aliphatic rings. The predicted octanol–water partition coefficient (Wildman–Crippen LogP) is 4.69. The molecule has 0 saturated carbocycles. The van der Waals surface area contributed by atoms with Gasteiger partial charge in [0.1, 0.15) is 18.2 Å². The van der Waals surface area contributed by atoms with Crippen LogP contribution in [0.2, 0.25) is 0 Å². The quantitative estimate of drug-likeness (QED) is 0.0552. The molecular weight excluding hydrogens is 884 g/mol. The van der Waals surface area contributed by atoms with Gasteiger partial charge in [-0.15, -0.1) is 0 Å². The van der Waals surface area contributed by atoms with E-state index in [4.69, 9.17) is 25.1 Å². The Morgan fingerprint density at radius 1 is 0.877 bits per heavy atom. The topological polar surface area (TPSA) is 203 Å². The summed E-state index contributed by atoms with van der Waals surface area (Å²) in [4.78, 5) is 73.1. The summed E-state index contributed by atoms with van der Waals surface area (Å²) in [6.07, 6.45) is -0.266. The van der Waals surface area contributed by atoms with Crippen molar-refractivity contribution >= 4 is 47.3 Å². The highest BCUT2D eigenvalue weighted by molar-refractivity contribution is 7.99. The summed E-state index contributed by atoms with van der Waals surface area (Å²) in [5.74, 6) is -5.10. The molecule has 4 rings (SSSR count). The smallest absolute Gasteiger partial charge is 0.475 e. The number of rotatable bonds is 24. The fraction of sp³-hybridized carbons (Fsp3) is 0.455. The average Bonchev–Trinajstić information content (AvgIpc) is 3.79. The van der Waals surface area contributed by atoms with E-state index < -0.39 is 53.0 Å². The van der Waals surface area contributed by atoms with Crippen molar-refractivity contribution in [2.24, 2.45) is 11.1 Å². The first-order valence-corrected chi connectivity index (χ1v) is 21.7. The lowest BCUT2D eigenvalue weighted by Gasteiger charge is -2.41. The van der Waals surface area contributed by atoms with Crippen LogP contribution in [0, 0.1) is 17.0 Å². The maximum Gasteiger partial charge on any atom is 0.490 e. The van der Waals surface area contributed by atoms with Crippen molar-refractivity contribution in [2.75, 3.05) is 70.7 Å². The van der Waals surface area contributed by atoms with E-state index in [-0.39, 0.29) is 69.1 Å². The molecule has 1 atom stereocenters. The number of alkyl halides is 3. The predicted molar refractivity (Wildman–Crippen MR) is 232 cm³/mol. The van der Waals surface area contributed by atoms with Gasteiger partial charge in [-0.3, -0.25) is 28.9 Å². The van der Waals surface area contributed by atoms with Crippen molar-refractivity contribution in [3.05, 3.63) is 95.8 Å². The van der Waals surface area contributed by atoms with Gasteiger partial charge in [0.2, 0.25) is 17.7 Å². The lowest BCUT2D eigenvalue weighted by molar-refractivity contribution is -0.192. The van der Waals surface area contributed by atoms with Crippen LogP contribution in [0.15, 0.2) is 72.9 Å². The summed E-state index contributed by atoms with van der Waals surface area (Å²) in [6.45, 7) is 8.55. The highest BCUT2D eigenvalue weighted by Crippen LogP contribution is 2.41. The summed E-state index contributed by atoms with van der Waals surface area (Å²) in [6, 6.07) is 14.6. The van der Waals surface area contributed by atoms with Gasteiger partial charge in [-0.2, -0.15) is 24.9 Å². The summed E-state index contributed by atoms with van der Waals surface area (Å²) in [5.41, 5.74) is 7.91. The van der Waals surface area contributed by atoms with Gasteiger partial charge in [0.05, 0.1) is 38.2 Å². The molecule has 2 heterocycles. The Balaban J connectivity index is 0.00000148. The number of carbonyl (C=O) groups excluding carboxylic acids is 5. The maximum absolute atomic E-state index is 15.1. The second-order valence-corrected chi connectivity index (χ2v) is 16.6. The first-order chi connectivity index (χ1) is 30.7. The number of carbonyl (C=O) groups is 6. The molecule has 0 fully saturated rings. The molecular formula is C44H55F5N6O9S. The summed E-state index contributed by atoms with van der Waals surface area (Å²) >= 11 is 1.36. The van der Waals surface area contributed by atoms with E-state index in [1.807, 2.05) is 72.8 Å². The molecule has 1 aliphatic heterocycles. The van der Waals surface area contributed by atoms with E-state index in [0.29, 0.717) is 43.9 Å². The number of carboxylic acids is 1. The number of nitrogens with two attached hydrogens (primary N) is 1. The van der Waals surface area contributed by atoms with Gasteiger partial charge in [0, 0.05) is 73.5 Å². The minimum Gasteiger partial charge on any atom is -0.475 e. The number of imide groups is 1. The third-order valence-corrected chi connectivity index (χ3v) is 10.3. The van der Waals surface area contributed by atoms with Crippen LogP contribution in [0.25, 0.3) is 11.1 Å². The largest absolute Gasteiger partial charge is 0.490 e. The molecule has 21 heteroatoms. The van der Waals surface area contributed by atoms with E-state index in [1.54, 1.807) is 0 Å². The molecule has 65 heavy (non-hydrogen) atoms. The molecule has 2 aromatic carbocycles. The van der Waals surface area contributed by atoms with E-state index in [1.165, 1.54) is 17.8 Å². The average molecular weight is 939 g/mol. The van der Waals surface area contributed by atoms with Gasteiger partial charge in [-0.05, 0) is 48.2 Å². The number of hydrogen-bond donors (Lipinski definition) is 4.